The number of hydrogen-bond donors (Lipinski definition) is 2. The Labute approximate surface area is 215 Å². The highest BCUT2D eigenvalue weighted by molar-refractivity contribution is 5.79. The van der Waals surface area contributed by atoms with Gasteiger partial charge >= 0.3 is 5.97 Å². The van der Waals surface area contributed by atoms with E-state index < -0.39 is 11.9 Å². The average molecular weight is 502 g/mol. The standard InChI is InChI=1S/C28H43N3O5/c1-6-7-11-30(12-10-29)25(32)17-31-16-21(20-8-9-23-24(13-20)36-18-35-23)26(27(33)34)22(31)15-28(4,5)14-19(2)3/h8-9,13-14,21-22,26H,6-7,10-12,15-18,29H2,1-5H3,(H,33,34). The number of carboxylic acids is 1. The van der Waals surface area contributed by atoms with Crippen LogP contribution in [-0.4, -0.2) is 72.3 Å². The Morgan fingerprint density at radius 3 is 2.58 bits per heavy atom. The van der Waals surface area contributed by atoms with E-state index in [-0.39, 0.29) is 36.6 Å². The smallest absolute Gasteiger partial charge is 0.308 e. The molecular formula is C28H43N3O5. The molecule has 3 rings (SSSR count). The van der Waals surface area contributed by atoms with Gasteiger partial charge in [0.05, 0.1) is 12.5 Å². The van der Waals surface area contributed by atoms with Crippen molar-refractivity contribution >= 4 is 11.9 Å². The molecule has 3 atom stereocenters. The van der Waals surface area contributed by atoms with Gasteiger partial charge in [0.25, 0.3) is 0 Å². The molecule has 1 aromatic carbocycles. The quantitative estimate of drug-likeness (QED) is 0.419. The molecule has 1 fully saturated rings. The number of carboxylic acid groups (broad SMARTS) is 1. The summed E-state index contributed by atoms with van der Waals surface area (Å²) in [6.45, 7) is 12.9. The van der Waals surface area contributed by atoms with E-state index in [0.29, 0.717) is 44.1 Å². The number of fused-ring (bicyclic) bond motifs is 1. The molecule has 2 aliphatic heterocycles. The van der Waals surface area contributed by atoms with Crippen LogP contribution in [0.15, 0.2) is 29.8 Å². The van der Waals surface area contributed by atoms with Crippen LogP contribution in [0, 0.1) is 11.3 Å². The lowest BCUT2D eigenvalue weighted by molar-refractivity contribution is -0.144. The van der Waals surface area contributed by atoms with Gasteiger partial charge < -0.3 is 25.2 Å². The second-order valence-electron chi connectivity index (χ2n) is 11.0. The van der Waals surface area contributed by atoms with Crippen LogP contribution in [0.1, 0.15) is 65.4 Å². The van der Waals surface area contributed by atoms with Gasteiger partial charge in [-0.05, 0) is 49.8 Å². The van der Waals surface area contributed by atoms with Crippen LogP contribution in [0.4, 0.5) is 0 Å². The zero-order valence-electron chi connectivity index (χ0n) is 22.5. The molecule has 3 unspecified atom stereocenters. The third-order valence-corrected chi connectivity index (χ3v) is 7.14. The van der Waals surface area contributed by atoms with E-state index in [2.05, 4.69) is 45.6 Å². The van der Waals surface area contributed by atoms with E-state index in [0.717, 1.165) is 18.4 Å². The molecule has 200 valence electrons. The number of hydrogen-bond acceptors (Lipinski definition) is 6. The van der Waals surface area contributed by atoms with E-state index in [4.69, 9.17) is 15.2 Å². The third kappa shape index (κ3) is 6.79. The summed E-state index contributed by atoms with van der Waals surface area (Å²) < 4.78 is 11.0. The highest BCUT2D eigenvalue weighted by Gasteiger charge is 2.48. The lowest BCUT2D eigenvalue weighted by Crippen LogP contribution is -2.46. The van der Waals surface area contributed by atoms with E-state index in [1.54, 1.807) is 0 Å². The molecule has 3 N–H and O–H groups in total. The van der Waals surface area contributed by atoms with Crippen molar-refractivity contribution < 1.29 is 24.2 Å². The summed E-state index contributed by atoms with van der Waals surface area (Å²) in [6.07, 6.45) is 4.74. The summed E-state index contributed by atoms with van der Waals surface area (Å²) in [6, 6.07) is 5.38. The first-order valence-corrected chi connectivity index (χ1v) is 13.1. The highest BCUT2D eigenvalue weighted by Crippen LogP contribution is 2.45. The Morgan fingerprint density at radius 1 is 1.22 bits per heavy atom. The Kier molecular flexibility index (Phi) is 9.41. The zero-order chi connectivity index (χ0) is 26.5. The van der Waals surface area contributed by atoms with Gasteiger partial charge in [-0.2, -0.15) is 0 Å². The summed E-state index contributed by atoms with van der Waals surface area (Å²) in [5.74, 6) is -0.436. The molecule has 0 saturated carbocycles. The van der Waals surface area contributed by atoms with Crippen molar-refractivity contribution in [3.63, 3.8) is 0 Å². The Balaban J connectivity index is 1.94. The van der Waals surface area contributed by atoms with Crippen molar-refractivity contribution in [1.29, 1.82) is 0 Å². The monoisotopic (exact) mass is 501 g/mol. The summed E-state index contributed by atoms with van der Waals surface area (Å²) in [5, 5.41) is 10.4. The second-order valence-corrected chi connectivity index (χ2v) is 11.0. The topological polar surface area (TPSA) is 105 Å². The van der Waals surface area contributed by atoms with Crippen molar-refractivity contribution in [2.24, 2.45) is 17.1 Å². The fourth-order valence-electron chi connectivity index (χ4n) is 5.75. The molecule has 8 heteroatoms. The van der Waals surface area contributed by atoms with Crippen molar-refractivity contribution in [1.82, 2.24) is 9.80 Å². The number of benzene rings is 1. The predicted octanol–water partition coefficient (Wildman–Crippen LogP) is 3.85. The fraction of sp³-hybridized carbons (Fsp3) is 0.643. The molecule has 8 nitrogen and oxygen atoms in total. The summed E-state index contributed by atoms with van der Waals surface area (Å²) in [5.41, 5.74) is 7.66. The molecule has 2 heterocycles. The number of unbranched alkanes of at least 4 members (excludes halogenated alkanes) is 1. The first-order chi connectivity index (χ1) is 17.1. The fourth-order valence-corrected chi connectivity index (χ4v) is 5.75. The van der Waals surface area contributed by atoms with Gasteiger partial charge in [0.2, 0.25) is 12.7 Å². The molecule has 36 heavy (non-hydrogen) atoms. The number of amides is 1. The SMILES string of the molecule is CCCCN(CCN)C(=O)CN1CC(c2ccc3c(c2)OCO3)C(C(=O)O)C1CC(C)(C)C=C(C)C. The lowest BCUT2D eigenvalue weighted by Gasteiger charge is -2.34. The summed E-state index contributed by atoms with van der Waals surface area (Å²) in [4.78, 5) is 30.0. The van der Waals surface area contributed by atoms with Gasteiger partial charge in [0.1, 0.15) is 0 Å². The number of rotatable bonds is 12. The molecule has 0 bridgehead atoms. The number of nitrogens with zero attached hydrogens (tertiary/aromatic N) is 2. The number of carbonyl (C=O) groups is 2. The maximum Gasteiger partial charge on any atom is 0.308 e. The number of likely N-dealkylation sites (tertiary alicyclic amines) is 1. The van der Waals surface area contributed by atoms with Gasteiger partial charge in [-0.3, -0.25) is 14.5 Å². The van der Waals surface area contributed by atoms with Crippen molar-refractivity contribution in [2.75, 3.05) is 39.5 Å². The molecule has 0 aliphatic carbocycles. The Bertz CT molecular complexity index is 957. The third-order valence-electron chi connectivity index (χ3n) is 7.14. The van der Waals surface area contributed by atoms with E-state index in [1.807, 2.05) is 23.1 Å². The maximum atomic E-state index is 13.4. The van der Waals surface area contributed by atoms with Gasteiger partial charge in [-0.1, -0.05) is 44.9 Å². The predicted molar refractivity (Wildman–Crippen MR) is 140 cm³/mol. The van der Waals surface area contributed by atoms with Gasteiger partial charge in [0.15, 0.2) is 11.5 Å². The van der Waals surface area contributed by atoms with Crippen LogP contribution in [0.25, 0.3) is 0 Å². The van der Waals surface area contributed by atoms with Crippen molar-refractivity contribution in [3.8, 4) is 11.5 Å². The maximum absolute atomic E-state index is 13.4. The number of aliphatic carboxylic acids is 1. The van der Waals surface area contributed by atoms with E-state index >= 15 is 0 Å². The zero-order valence-corrected chi connectivity index (χ0v) is 22.5. The molecule has 0 radical (unpaired) electrons. The van der Waals surface area contributed by atoms with Crippen LogP contribution in [0.5, 0.6) is 11.5 Å². The van der Waals surface area contributed by atoms with Crippen LogP contribution in [0.3, 0.4) is 0 Å². The van der Waals surface area contributed by atoms with E-state index in [9.17, 15) is 14.7 Å². The van der Waals surface area contributed by atoms with Crippen LogP contribution in [-0.2, 0) is 9.59 Å². The lowest BCUT2D eigenvalue weighted by atomic mass is 9.77. The first kappa shape index (κ1) is 28.0. The Morgan fingerprint density at radius 2 is 1.94 bits per heavy atom. The van der Waals surface area contributed by atoms with Gasteiger partial charge in [0, 0.05) is 38.1 Å². The van der Waals surface area contributed by atoms with Gasteiger partial charge in [-0.25, -0.2) is 0 Å². The molecule has 1 saturated heterocycles. The normalized spacial score (nSPS) is 21.4. The second kappa shape index (κ2) is 12.1. The molecule has 1 aromatic rings. The molecule has 0 aromatic heterocycles. The summed E-state index contributed by atoms with van der Waals surface area (Å²) in [7, 11) is 0. The number of nitrogens with two attached hydrogens (primary N) is 1. The molecule has 1 amide bonds. The molecule has 0 spiro atoms. The van der Waals surface area contributed by atoms with Crippen molar-refractivity contribution in [3.05, 3.63) is 35.4 Å². The Hall–Kier alpha value is -2.58. The van der Waals surface area contributed by atoms with Crippen LogP contribution < -0.4 is 15.2 Å². The summed E-state index contributed by atoms with van der Waals surface area (Å²) >= 11 is 0. The number of allylic oxidation sites excluding steroid dienone is 2. The minimum atomic E-state index is -0.838. The minimum absolute atomic E-state index is 0.00870. The molecular weight excluding hydrogens is 458 g/mol. The number of ether oxygens (including phenoxy) is 2. The minimum Gasteiger partial charge on any atom is -0.481 e. The average Bonchev–Trinajstić information content (AvgIpc) is 3.39. The van der Waals surface area contributed by atoms with Crippen LogP contribution in [0.2, 0.25) is 0 Å². The number of carbonyl (C=O) groups excluding carboxylic acids is 1. The van der Waals surface area contributed by atoms with Crippen molar-refractivity contribution in [2.45, 2.75) is 65.8 Å². The van der Waals surface area contributed by atoms with Gasteiger partial charge in [-0.15, -0.1) is 0 Å². The largest absolute Gasteiger partial charge is 0.481 e. The van der Waals surface area contributed by atoms with Crippen LogP contribution >= 0.6 is 0 Å². The highest BCUT2D eigenvalue weighted by atomic mass is 16.7. The first-order valence-electron chi connectivity index (χ1n) is 13.1. The molecule has 2 aliphatic rings. The van der Waals surface area contributed by atoms with E-state index in [1.165, 1.54) is 5.57 Å².